The van der Waals surface area contributed by atoms with Crippen molar-refractivity contribution in [2.45, 2.75) is 31.9 Å². The highest BCUT2D eigenvalue weighted by molar-refractivity contribution is 4.79. The topological polar surface area (TPSA) is 18.5 Å². The van der Waals surface area contributed by atoms with Gasteiger partial charge in [-0.05, 0) is 13.8 Å². The van der Waals surface area contributed by atoms with Crippen LogP contribution in [0.2, 0.25) is 0 Å². The first kappa shape index (κ1) is 8.80. The number of ether oxygens (including phenoxy) is 2. The van der Waals surface area contributed by atoms with E-state index in [0.717, 1.165) is 6.92 Å². The van der Waals surface area contributed by atoms with Crippen LogP contribution in [0.3, 0.4) is 0 Å². The van der Waals surface area contributed by atoms with Crippen molar-refractivity contribution < 1.29 is 22.6 Å². The molecular formula is C6H9F3O2. The van der Waals surface area contributed by atoms with E-state index in [1.807, 2.05) is 0 Å². The summed E-state index contributed by atoms with van der Waals surface area (Å²) < 4.78 is 45.2. The molecule has 5 heteroatoms. The molecule has 0 bridgehead atoms. The molecule has 66 valence electrons. The predicted molar refractivity (Wildman–Crippen MR) is 31.0 cm³/mol. The van der Waals surface area contributed by atoms with E-state index in [1.54, 1.807) is 0 Å². The minimum atomic E-state index is -4.45. The monoisotopic (exact) mass is 170 g/mol. The highest BCUT2D eigenvalue weighted by Crippen LogP contribution is 2.38. The fourth-order valence-corrected chi connectivity index (χ4v) is 0.877. The molecule has 1 aliphatic heterocycles. The van der Waals surface area contributed by atoms with Gasteiger partial charge in [-0.25, -0.2) is 0 Å². The van der Waals surface area contributed by atoms with Crippen LogP contribution >= 0.6 is 0 Å². The number of hydrogen-bond acceptors (Lipinski definition) is 2. The van der Waals surface area contributed by atoms with Gasteiger partial charge in [-0.15, -0.1) is 0 Å². The Labute approximate surface area is 62.3 Å². The van der Waals surface area contributed by atoms with Gasteiger partial charge in [-0.3, -0.25) is 0 Å². The smallest absolute Gasteiger partial charge is 0.340 e. The van der Waals surface area contributed by atoms with Crippen LogP contribution in [0.1, 0.15) is 13.8 Å². The first-order chi connectivity index (χ1) is 4.85. The van der Waals surface area contributed by atoms with Crippen LogP contribution in [0, 0.1) is 0 Å². The Hall–Kier alpha value is -0.290. The molecule has 0 aromatic carbocycles. The summed E-state index contributed by atoms with van der Waals surface area (Å²) in [6, 6.07) is 0. The minimum Gasteiger partial charge on any atom is -0.340 e. The molecule has 0 aliphatic carbocycles. The van der Waals surface area contributed by atoms with E-state index in [0.29, 0.717) is 0 Å². The number of alkyl halides is 3. The Morgan fingerprint density at radius 1 is 1.45 bits per heavy atom. The molecule has 2 atom stereocenters. The van der Waals surface area contributed by atoms with Crippen molar-refractivity contribution in [2.75, 3.05) is 6.61 Å². The fraction of sp³-hybridized carbons (Fsp3) is 1.00. The van der Waals surface area contributed by atoms with Crippen LogP contribution < -0.4 is 0 Å². The average Bonchev–Trinajstić information content (AvgIpc) is 2.10. The molecule has 1 fully saturated rings. The second kappa shape index (κ2) is 2.35. The van der Waals surface area contributed by atoms with E-state index in [1.165, 1.54) is 6.92 Å². The van der Waals surface area contributed by atoms with Crippen LogP contribution in [0.5, 0.6) is 0 Å². The average molecular weight is 170 g/mol. The quantitative estimate of drug-likeness (QED) is 0.550. The maximum absolute atomic E-state index is 12.1. The minimum absolute atomic E-state index is 0.00396. The van der Waals surface area contributed by atoms with Crippen LogP contribution in [0.25, 0.3) is 0 Å². The van der Waals surface area contributed by atoms with Gasteiger partial charge in [-0.2, -0.15) is 13.2 Å². The number of hydrogen-bond donors (Lipinski definition) is 0. The van der Waals surface area contributed by atoms with E-state index in [4.69, 9.17) is 0 Å². The highest BCUT2D eigenvalue weighted by atomic mass is 19.4. The maximum Gasteiger partial charge on any atom is 0.442 e. The van der Waals surface area contributed by atoms with Crippen LogP contribution in [-0.4, -0.2) is 24.7 Å². The van der Waals surface area contributed by atoms with Gasteiger partial charge in [-0.1, -0.05) is 0 Å². The first-order valence-corrected chi connectivity index (χ1v) is 3.24. The third-order valence-electron chi connectivity index (χ3n) is 1.53. The molecule has 1 rings (SSSR count). The van der Waals surface area contributed by atoms with E-state index >= 15 is 0 Å². The standard InChI is InChI=1S/C6H9F3O2/c1-4-3-10-5(2,11-4)6(7,8)9/h4H,3H2,1-2H3. The SMILES string of the molecule is CC1COC(C)(C(F)(F)F)O1. The van der Waals surface area contributed by atoms with Crippen LogP contribution in [0.4, 0.5) is 13.2 Å². The van der Waals surface area contributed by atoms with Gasteiger partial charge in [0.05, 0.1) is 12.7 Å². The first-order valence-electron chi connectivity index (χ1n) is 3.24. The molecule has 2 unspecified atom stereocenters. The van der Waals surface area contributed by atoms with Crippen molar-refractivity contribution in [3.63, 3.8) is 0 Å². The van der Waals surface area contributed by atoms with Crippen molar-refractivity contribution in [3.05, 3.63) is 0 Å². The van der Waals surface area contributed by atoms with Crippen molar-refractivity contribution in [1.29, 1.82) is 0 Å². The molecule has 0 spiro atoms. The predicted octanol–water partition coefficient (Wildman–Crippen LogP) is 1.70. The third kappa shape index (κ3) is 1.49. The summed E-state index contributed by atoms with van der Waals surface area (Å²) in [6.45, 7) is 2.42. The second-order valence-electron chi connectivity index (χ2n) is 2.68. The van der Waals surface area contributed by atoms with E-state index in [9.17, 15) is 13.2 Å². The highest BCUT2D eigenvalue weighted by Gasteiger charge is 2.57. The summed E-state index contributed by atoms with van der Waals surface area (Å²) in [7, 11) is 0. The molecule has 11 heavy (non-hydrogen) atoms. The van der Waals surface area contributed by atoms with E-state index in [-0.39, 0.29) is 6.61 Å². The summed E-state index contributed by atoms with van der Waals surface area (Å²) in [4.78, 5) is 0. The lowest BCUT2D eigenvalue weighted by Crippen LogP contribution is -2.43. The zero-order chi connectivity index (χ0) is 8.70. The van der Waals surface area contributed by atoms with Gasteiger partial charge >= 0.3 is 6.18 Å². The fourth-order valence-electron chi connectivity index (χ4n) is 0.877. The Morgan fingerprint density at radius 3 is 2.18 bits per heavy atom. The lowest BCUT2D eigenvalue weighted by molar-refractivity contribution is -0.338. The summed E-state index contributed by atoms with van der Waals surface area (Å²) in [5.74, 6) is -2.40. The van der Waals surface area contributed by atoms with Crippen LogP contribution in [0.15, 0.2) is 0 Å². The molecule has 2 nitrogen and oxygen atoms in total. The molecule has 1 aliphatic rings. The maximum atomic E-state index is 12.1. The van der Waals surface area contributed by atoms with Gasteiger partial charge in [0.2, 0.25) is 0 Å². The van der Waals surface area contributed by atoms with Crippen molar-refractivity contribution in [2.24, 2.45) is 0 Å². The number of halogens is 3. The summed E-state index contributed by atoms with van der Waals surface area (Å²) in [5, 5.41) is 0. The van der Waals surface area contributed by atoms with Crippen molar-refractivity contribution in [1.82, 2.24) is 0 Å². The lowest BCUT2D eigenvalue weighted by Gasteiger charge is -2.25. The van der Waals surface area contributed by atoms with E-state index in [2.05, 4.69) is 9.47 Å². The third-order valence-corrected chi connectivity index (χ3v) is 1.53. The Balaban J connectivity index is 2.69. The second-order valence-corrected chi connectivity index (χ2v) is 2.68. The molecule has 0 N–H and O–H groups in total. The van der Waals surface area contributed by atoms with Gasteiger partial charge in [0.15, 0.2) is 0 Å². The summed E-state index contributed by atoms with van der Waals surface area (Å²) in [5.41, 5.74) is 0. The Morgan fingerprint density at radius 2 is 2.00 bits per heavy atom. The molecule has 0 aromatic heterocycles. The largest absolute Gasteiger partial charge is 0.442 e. The van der Waals surface area contributed by atoms with Gasteiger partial charge in [0, 0.05) is 0 Å². The molecule has 1 heterocycles. The molecule has 0 aromatic rings. The molecule has 0 amide bonds. The summed E-state index contributed by atoms with van der Waals surface area (Å²) in [6.07, 6.45) is -4.93. The molecule has 1 saturated heterocycles. The van der Waals surface area contributed by atoms with Crippen molar-refractivity contribution in [3.8, 4) is 0 Å². The molecule has 0 saturated carbocycles. The Kier molecular flexibility index (Phi) is 1.88. The lowest BCUT2D eigenvalue weighted by atomic mass is 10.3. The molecular weight excluding hydrogens is 161 g/mol. The van der Waals surface area contributed by atoms with Crippen molar-refractivity contribution >= 4 is 0 Å². The van der Waals surface area contributed by atoms with Gasteiger partial charge < -0.3 is 9.47 Å². The van der Waals surface area contributed by atoms with Crippen LogP contribution in [-0.2, 0) is 9.47 Å². The zero-order valence-corrected chi connectivity index (χ0v) is 6.23. The number of rotatable bonds is 0. The van der Waals surface area contributed by atoms with Gasteiger partial charge in [0.25, 0.3) is 5.79 Å². The van der Waals surface area contributed by atoms with E-state index < -0.39 is 18.1 Å². The normalized spacial score (nSPS) is 39.5. The molecule has 0 radical (unpaired) electrons. The van der Waals surface area contributed by atoms with Gasteiger partial charge in [0.1, 0.15) is 0 Å². The summed E-state index contributed by atoms with van der Waals surface area (Å²) >= 11 is 0. The zero-order valence-electron chi connectivity index (χ0n) is 6.23. The Bertz CT molecular complexity index is 156.